The van der Waals surface area contributed by atoms with E-state index in [-0.39, 0.29) is 23.3 Å². The van der Waals surface area contributed by atoms with Crippen molar-refractivity contribution in [2.45, 2.75) is 77.3 Å². The quantitative estimate of drug-likeness (QED) is 0.894. The van der Waals surface area contributed by atoms with Crippen molar-refractivity contribution in [1.82, 2.24) is 15.5 Å². The molecule has 1 aromatic heterocycles. The van der Waals surface area contributed by atoms with Gasteiger partial charge in [-0.3, -0.25) is 4.79 Å². The van der Waals surface area contributed by atoms with Gasteiger partial charge in [0.25, 0.3) is 0 Å². The molecule has 6 nitrogen and oxygen atoms in total. The lowest BCUT2D eigenvalue weighted by Gasteiger charge is -2.37. The van der Waals surface area contributed by atoms with Gasteiger partial charge in [-0.25, -0.2) is 0 Å². The van der Waals surface area contributed by atoms with Crippen LogP contribution in [0.1, 0.15) is 78.1 Å². The van der Waals surface area contributed by atoms with Gasteiger partial charge in [0.05, 0.1) is 5.92 Å². The van der Waals surface area contributed by atoms with Crippen molar-refractivity contribution in [3.8, 4) is 0 Å². The largest absolute Gasteiger partial charge is 0.344 e. The number of carbonyl (C=O) groups excluding carboxylic acids is 1. The third-order valence-electron chi connectivity index (χ3n) is 4.41. The van der Waals surface area contributed by atoms with Gasteiger partial charge in [0, 0.05) is 11.0 Å². The fourth-order valence-electron chi connectivity index (χ4n) is 2.88. The summed E-state index contributed by atoms with van der Waals surface area (Å²) in [5, 5.41) is 6.97. The minimum atomic E-state index is -0.437. The molecule has 0 aliphatic heterocycles. The first-order valence-electron chi connectivity index (χ1n) is 8.04. The maximum Gasteiger partial charge on any atom is 0.248 e. The number of amides is 1. The number of rotatable bonds is 3. The van der Waals surface area contributed by atoms with Crippen LogP contribution in [0.25, 0.3) is 0 Å². The molecule has 0 bridgehead atoms. The van der Waals surface area contributed by atoms with Crippen molar-refractivity contribution in [2.75, 3.05) is 0 Å². The molecule has 0 spiro atoms. The van der Waals surface area contributed by atoms with E-state index in [0.29, 0.717) is 11.7 Å². The molecule has 3 unspecified atom stereocenters. The number of hydrogen-bond acceptors (Lipinski definition) is 5. The van der Waals surface area contributed by atoms with Crippen molar-refractivity contribution in [2.24, 2.45) is 11.7 Å². The lowest BCUT2D eigenvalue weighted by atomic mass is 9.74. The maximum absolute atomic E-state index is 12.5. The molecule has 3 N–H and O–H groups in total. The second-order valence-electron chi connectivity index (χ2n) is 7.74. The lowest BCUT2D eigenvalue weighted by Crippen LogP contribution is -2.53. The summed E-state index contributed by atoms with van der Waals surface area (Å²) in [6, 6.07) is -0.311. The predicted molar refractivity (Wildman–Crippen MR) is 84.1 cm³/mol. The molecule has 1 aliphatic rings. The zero-order valence-corrected chi connectivity index (χ0v) is 14.3. The zero-order chi connectivity index (χ0) is 16.5. The van der Waals surface area contributed by atoms with Crippen LogP contribution in [0.3, 0.4) is 0 Å². The van der Waals surface area contributed by atoms with Crippen LogP contribution in [0.15, 0.2) is 4.52 Å². The molecule has 1 aliphatic carbocycles. The molecule has 1 fully saturated rings. The van der Waals surface area contributed by atoms with Crippen LogP contribution in [0, 0.1) is 5.92 Å². The SMILES string of the molecule is CC(NC(=O)C1CCCCC1(C)N)c1nc(C(C)(C)C)no1. The Balaban J connectivity index is 2.03. The lowest BCUT2D eigenvalue weighted by molar-refractivity contribution is -0.129. The van der Waals surface area contributed by atoms with E-state index in [1.54, 1.807) is 0 Å². The molecule has 1 aromatic rings. The van der Waals surface area contributed by atoms with Crippen LogP contribution in [0.4, 0.5) is 0 Å². The average Bonchev–Trinajstić information content (AvgIpc) is 2.87. The molecule has 0 radical (unpaired) electrons. The number of aromatic nitrogens is 2. The Labute approximate surface area is 132 Å². The van der Waals surface area contributed by atoms with Crippen LogP contribution >= 0.6 is 0 Å². The van der Waals surface area contributed by atoms with E-state index in [1.807, 2.05) is 34.6 Å². The molecule has 6 heteroatoms. The van der Waals surface area contributed by atoms with Gasteiger partial charge in [0.15, 0.2) is 5.82 Å². The molecule has 3 atom stereocenters. The van der Waals surface area contributed by atoms with Crippen molar-refractivity contribution >= 4 is 5.91 Å². The summed E-state index contributed by atoms with van der Waals surface area (Å²) >= 11 is 0. The average molecular weight is 308 g/mol. The van der Waals surface area contributed by atoms with Crippen molar-refractivity contribution in [3.05, 3.63) is 11.7 Å². The molecule has 1 heterocycles. The fraction of sp³-hybridized carbons (Fsp3) is 0.812. The second kappa shape index (κ2) is 5.99. The molecular formula is C16H28N4O2. The van der Waals surface area contributed by atoms with Crippen LogP contribution in [0.5, 0.6) is 0 Å². The van der Waals surface area contributed by atoms with Gasteiger partial charge in [-0.05, 0) is 26.7 Å². The van der Waals surface area contributed by atoms with E-state index in [0.717, 1.165) is 25.7 Å². The molecule has 2 rings (SSSR count). The van der Waals surface area contributed by atoms with Gasteiger partial charge in [-0.15, -0.1) is 0 Å². The Morgan fingerprint density at radius 2 is 2.14 bits per heavy atom. The third-order valence-corrected chi connectivity index (χ3v) is 4.41. The third kappa shape index (κ3) is 3.66. The summed E-state index contributed by atoms with van der Waals surface area (Å²) in [4.78, 5) is 16.9. The Morgan fingerprint density at radius 1 is 1.45 bits per heavy atom. The molecule has 0 aromatic carbocycles. The summed E-state index contributed by atoms with van der Waals surface area (Å²) in [5.41, 5.74) is 5.67. The normalized spacial score (nSPS) is 27.5. The maximum atomic E-state index is 12.5. The number of nitrogens with zero attached hydrogens (tertiary/aromatic N) is 2. The van der Waals surface area contributed by atoms with Crippen LogP contribution in [-0.4, -0.2) is 21.6 Å². The van der Waals surface area contributed by atoms with E-state index in [2.05, 4.69) is 15.5 Å². The minimum absolute atomic E-state index is 0.0206. The van der Waals surface area contributed by atoms with Crippen LogP contribution < -0.4 is 11.1 Å². The highest BCUT2D eigenvalue weighted by Crippen LogP contribution is 2.32. The van der Waals surface area contributed by atoms with Gasteiger partial charge in [-0.1, -0.05) is 38.8 Å². The van der Waals surface area contributed by atoms with Crippen molar-refractivity contribution in [3.63, 3.8) is 0 Å². The minimum Gasteiger partial charge on any atom is -0.344 e. The Bertz CT molecular complexity index is 530. The second-order valence-corrected chi connectivity index (χ2v) is 7.74. The first-order chi connectivity index (χ1) is 10.1. The Hall–Kier alpha value is -1.43. The summed E-state index contributed by atoms with van der Waals surface area (Å²) in [5.74, 6) is 0.902. The number of hydrogen-bond donors (Lipinski definition) is 2. The molecule has 0 saturated heterocycles. The zero-order valence-electron chi connectivity index (χ0n) is 14.3. The van der Waals surface area contributed by atoms with Crippen LogP contribution in [0.2, 0.25) is 0 Å². The first kappa shape index (κ1) is 16.9. The molecule has 22 heavy (non-hydrogen) atoms. The van der Waals surface area contributed by atoms with E-state index < -0.39 is 5.54 Å². The monoisotopic (exact) mass is 308 g/mol. The Morgan fingerprint density at radius 3 is 2.68 bits per heavy atom. The Kier molecular flexibility index (Phi) is 4.61. The van der Waals surface area contributed by atoms with Gasteiger partial charge in [0.2, 0.25) is 11.8 Å². The summed E-state index contributed by atoms with van der Waals surface area (Å²) in [7, 11) is 0. The highest BCUT2D eigenvalue weighted by molar-refractivity contribution is 5.80. The van der Waals surface area contributed by atoms with E-state index in [1.165, 1.54) is 0 Å². The highest BCUT2D eigenvalue weighted by atomic mass is 16.5. The standard InChI is InChI=1S/C16H28N4O2/c1-10(13-19-14(20-22-13)15(2,3)4)18-12(21)11-8-6-7-9-16(11,5)17/h10-11H,6-9,17H2,1-5H3,(H,18,21). The summed E-state index contributed by atoms with van der Waals surface area (Å²) in [6.45, 7) is 9.88. The van der Waals surface area contributed by atoms with Crippen molar-refractivity contribution in [1.29, 1.82) is 0 Å². The molecule has 1 saturated carbocycles. The number of nitrogens with two attached hydrogens (primary N) is 1. The van der Waals surface area contributed by atoms with Crippen molar-refractivity contribution < 1.29 is 9.32 Å². The van der Waals surface area contributed by atoms with Gasteiger partial charge in [-0.2, -0.15) is 4.98 Å². The smallest absolute Gasteiger partial charge is 0.248 e. The molecular weight excluding hydrogens is 280 g/mol. The molecule has 124 valence electrons. The summed E-state index contributed by atoms with van der Waals surface area (Å²) in [6.07, 6.45) is 3.86. The van der Waals surface area contributed by atoms with Gasteiger partial charge in [0.1, 0.15) is 6.04 Å². The summed E-state index contributed by atoms with van der Waals surface area (Å²) < 4.78 is 5.29. The van der Waals surface area contributed by atoms with Gasteiger partial charge >= 0.3 is 0 Å². The first-order valence-corrected chi connectivity index (χ1v) is 8.04. The number of nitrogens with one attached hydrogen (secondary N) is 1. The van der Waals surface area contributed by atoms with E-state index >= 15 is 0 Å². The number of carbonyl (C=O) groups is 1. The highest BCUT2D eigenvalue weighted by Gasteiger charge is 2.38. The predicted octanol–water partition coefficient (Wildman–Crippen LogP) is 2.45. The van der Waals surface area contributed by atoms with Crippen LogP contribution in [-0.2, 0) is 10.2 Å². The molecule has 1 amide bonds. The fourth-order valence-corrected chi connectivity index (χ4v) is 2.88. The van der Waals surface area contributed by atoms with E-state index in [4.69, 9.17) is 10.3 Å². The topological polar surface area (TPSA) is 94.0 Å². The van der Waals surface area contributed by atoms with E-state index in [9.17, 15) is 4.79 Å². The van der Waals surface area contributed by atoms with Gasteiger partial charge < -0.3 is 15.6 Å².